The van der Waals surface area contributed by atoms with Gasteiger partial charge in [-0.25, -0.2) is 14.8 Å². The molecule has 1 fully saturated rings. The van der Waals surface area contributed by atoms with E-state index in [2.05, 4.69) is 14.9 Å². The highest BCUT2D eigenvalue weighted by Gasteiger charge is 2.17. The molecule has 0 saturated carbocycles. The number of nitrogens with zero attached hydrogens (tertiary/aromatic N) is 3. The molecule has 0 bridgehead atoms. The molecular weight excluding hydrogens is 422 g/mol. The lowest BCUT2D eigenvalue weighted by Crippen LogP contribution is -2.37. The normalized spacial score (nSPS) is 15.2. The van der Waals surface area contributed by atoms with Gasteiger partial charge in [0, 0.05) is 19.6 Å². The van der Waals surface area contributed by atoms with Crippen molar-refractivity contribution >= 4 is 17.0 Å². The van der Waals surface area contributed by atoms with E-state index in [9.17, 15) is 4.79 Å². The molecule has 3 aromatic rings. The van der Waals surface area contributed by atoms with E-state index in [1.165, 1.54) is 0 Å². The van der Waals surface area contributed by atoms with Gasteiger partial charge in [-0.3, -0.25) is 4.90 Å². The fourth-order valence-corrected chi connectivity index (χ4v) is 3.52. The van der Waals surface area contributed by atoms with E-state index >= 15 is 0 Å². The van der Waals surface area contributed by atoms with E-state index in [-0.39, 0.29) is 5.97 Å². The fourth-order valence-electron chi connectivity index (χ4n) is 3.52. The number of hydrogen-bond donors (Lipinski definition) is 0. The van der Waals surface area contributed by atoms with Crippen molar-refractivity contribution in [3.8, 4) is 17.4 Å². The highest BCUT2D eigenvalue weighted by molar-refractivity contribution is 5.75. The van der Waals surface area contributed by atoms with Crippen molar-refractivity contribution in [2.75, 3.05) is 39.5 Å². The fraction of sp³-hybridized carbons (Fsp3) is 0.400. The zero-order chi connectivity index (χ0) is 23.0. The van der Waals surface area contributed by atoms with Crippen LogP contribution in [0.4, 0.5) is 0 Å². The van der Waals surface area contributed by atoms with Gasteiger partial charge in [0.25, 0.3) is 0 Å². The Hall–Kier alpha value is -3.23. The van der Waals surface area contributed by atoms with E-state index in [0.717, 1.165) is 55.9 Å². The summed E-state index contributed by atoms with van der Waals surface area (Å²) in [6, 6.07) is 12.9. The van der Waals surface area contributed by atoms with Crippen LogP contribution in [0.25, 0.3) is 11.0 Å². The van der Waals surface area contributed by atoms with E-state index in [1.807, 2.05) is 25.1 Å². The number of esters is 1. The lowest BCUT2D eigenvalue weighted by atomic mass is 10.2. The predicted octanol–water partition coefficient (Wildman–Crippen LogP) is 3.76. The van der Waals surface area contributed by atoms with Gasteiger partial charge in [0.05, 0.1) is 37.1 Å². The first-order valence-corrected chi connectivity index (χ1v) is 11.2. The van der Waals surface area contributed by atoms with Gasteiger partial charge >= 0.3 is 5.97 Å². The van der Waals surface area contributed by atoms with E-state index in [1.54, 1.807) is 37.4 Å². The van der Waals surface area contributed by atoms with Gasteiger partial charge in [-0.15, -0.1) is 0 Å². The van der Waals surface area contributed by atoms with Gasteiger partial charge in [-0.2, -0.15) is 0 Å². The summed E-state index contributed by atoms with van der Waals surface area (Å²) in [4.78, 5) is 23.4. The number of carbonyl (C=O) groups excluding carboxylic acids is 1. The Morgan fingerprint density at radius 2 is 1.85 bits per heavy atom. The molecule has 1 aromatic heterocycles. The molecule has 0 aliphatic carbocycles. The standard InChI is InChI=1S/C25H29N3O5/c1-18-4-9-22-23(16-18)26-17-24(27-22)33-21-7-5-20(6-8-21)32-19(2)25(29)31-13-3-10-28-11-14-30-15-12-28/h4-9,16-17,19H,3,10-15H2,1-2H3. The van der Waals surface area contributed by atoms with Gasteiger partial charge in [-0.1, -0.05) is 6.07 Å². The van der Waals surface area contributed by atoms with Crippen LogP contribution in [0.1, 0.15) is 18.9 Å². The number of benzene rings is 2. The summed E-state index contributed by atoms with van der Waals surface area (Å²) in [5.74, 6) is 1.19. The van der Waals surface area contributed by atoms with Crippen LogP contribution in [0, 0.1) is 6.92 Å². The number of aromatic nitrogens is 2. The quantitative estimate of drug-likeness (QED) is 0.359. The van der Waals surface area contributed by atoms with Gasteiger partial charge in [0.2, 0.25) is 5.88 Å². The Morgan fingerprint density at radius 1 is 1.09 bits per heavy atom. The van der Waals surface area contributed by atoms with Crippen molar-refractivity contribution in [1.82, 2.24) is 14.9 Å². The first-order chi connectivity index (χ1) is 16.1. The number of ether oxygens (including phenoxy) is 4. The summed E-state index contributed by atoms with van der Waals surface area (Å²) in [6.45, 7) is 8.37. The summed E-state index contributed by atoms with van der Waals surface area (Å²) < 4.78 is 22.2. The molecule has 33 heavy (non-hydrogen) atoms. The smallest absolute Gasteiger partial charge is 0.347 e. The van der Waals surface area contributed by atoms with Crippen LogP contribution >= 0.6 is 0 Å². The Bertz CT molecular complexity index is 1070. The number of hydrogen-bond acceptors (Lipinski definition) is 8. The second-order valence-electron chi connectivity index (χ2n) is 8.01. The van der Waals surface area contributed by atoms with Gasteiger partial charge in [-0.05, 0) is 62.2 Å². The molecule has 2 aromatic carbocycles. The van der Waals surface area contributed by atoms with Gasteiger partial charge < -0.3 is 18.9 Å². The Labute approximate surface area is 193 Å². The van der Waals surface area contributed by atoms with Crippen LogP contribution < -0.4 is 9.47 Å². The molecule has 8 nitrogen and oxygen atoms in total. The summed E-state index contributed by atoms with van der Waals surface area (Å²) in [5, 5.41) is 0. The molecule has 0 spiro atoms. The molecule has 8 heteroatoms. The van der Waals surface area contributed by atoms with Crippen LogP contribution in [0.3, 0.4) is 0 Å². The molecule has 1 unspecified atom stereocenters. The molecule has 4 rings (SSSR count). The van der Waals surface area contributed by atoms with Crippen LogP contribution in [-0.2, 0) is 14.3 Å². The first-order valence-electron chi connectivity index (χ1n) is 11.2. The van der Waals surface area contributed by atoms with Crippen molar-refractivity contribution in [1.29, 1.82) is 0 Å². The topological polar surface area (TPSA) is 83.0 Å². The zero-order valence-electron chi connectivity index (χ0n) is 19.0. The van der Waals surface area contributed by atoms with Crippen LogP contribution in [-0.4, -0.2) is 66.4 Å². The second kappa shape index (κ2) is 11.1. The maximum atomic E-state index is 12.2. The lowest BCUT2D eigenvalue weighted by molar-refractivity contribution is -0.151. The van der Waals surface area contributed by atoms with Crippen LogP contribution in [0.15, 0.2) is 48.7 Å². The molecule has 1 aliphatic rings. The molecule has 1 atom stereocenters. The van der Waals surface area contributed by atoms with E-state index in [4.69, 9.17) is 18.9 Å². The van der Waals surface area contributed by atoms with Crippen molar-refractivity contribution < 1.29 is 23.7 Å². The van der Waals surface area contributed by atoms with Crippen LogP contribution in [0.2, 0.25) is 0 Å². The zero-order valence-corrected chi connectivity index (χ0v) is 19.0. The number of carbonyl (C=O) groups is 1. The molecule has 0 radical (unpaired) electrons. The number of rotatable bonds is 9. The van der Waals surface area contributed by atoms with Gasteiger partial charge in [0.1, 0.15) is 11.5 Å². The number of aryl methyl sites for hydroxylation is 1. The molecule has 1 saturated heterocycles. The third-order valence-electron chi connectivity index (χ3n) is 5.33. The summed E-state index contributed by atoms with van der Waals surface area (Å²) in [5.41, 5.74) is 2.73. The third kappa shape index (κ3) is 6.63. The van der Waals surface area contributed by atoms with Crippen molar-refractivity contribution in [2.24, 2.45) is 0 Å². The Kier molecular flexibility index (Phi) is 7.70. The minimum atomic E-state index is -0.699. The molecule has 1 aliphatic heterocycles. The van der Waals surface area contributed by atoms with E-state index in [0.29, 0.717) is 24.0 Å². The summed E-state index contributed by atoms with van der Waals surface area (Å²) >= 11 is 0. The summed E-state index contributed by atoms with van der Waals surface area (Å²) in [6.07, 6.45) is 1.69. The summed E-state index contributed by atoms with van der Waals surface area (Å²) in [7, 11) is 0. The predicted molar refractivity (Wildman–Crippen MR) is 124 cm³/mol. The molecule has 174 valence electrons. The molecular formula is C25H29N3O5. The Balaban J connectivity index is 1.23. The van der Waals surface area contributed by atoms with E-state index < -0.39 is 6.10 Å². The van der Waals surface area contributed by atoms with Crippen LogP contribution in [0.5, 0.6) is 17.4 Å². The molecule has 0 amide bonds. The average molecular weight is 452 g/mol. The van der Waals surface area contributed by atoms with Gasteiger partial charge in [0.15, 0.2) is 6.10 Å². The molecule has 0 N–H and O–H groups in total. The highest BCUT2D eigenvalue weighted by Crippen LogP contribution is 2.24. The minimum absolute atomic E-state index is 0.376. The SMILES string of the molecule is Cc1ccc2nc(Oc3ccc(OC(C)C(=O)OCCCN4CCOCC4)cc3)cnc2c1. The lowest BCUT2D eigenvalue weighted by Gasteiger charge is -2.26. The maximum Gasteiger partial charge on any atom is 0.347 e. The average Bonchev–Trinajstić information content (AvgIpc) is 2.83. The minimum Gasteiger partial charge on any atom is -0.479 e. The second-order valence-corrected chi connectivity index (χ2v) is 8.01. The largest absolute Gasteiger partial charge is 0.479 e. The Morgan fingerprint density at radius 3 is 2.64 bits per heavy atom. The monoisotopic (exact) mass is 451 g/mol. The van der Waals surface area contributed by atoms with Crippen molar-refractivity contribution in [3.63, 3.8) is 0 Å². The molecule has 2 heterocycles. The third-order valence-corrected chi connectivity index (χ3v) is 5.33. The highest BCUT2D eigenvalue weighted by atomic mass is 16.6. The number of morpholine rings is 1. The van der Waals surface area contributed by atoms with Crippen molar-refractivity contribution in [2.45, 2.75) is 26.4 Å². The first kappa shape index (κ1) is 22.9. The van der Waals surface area contributed by atoms with Crippen molar-refractivity contribution in [3.05, 3.63) is 54.2 Å². The maximum absolute atomic E-state index is 12.2. The number of fused-ring (bicyclic) bond motifs is 1.